The van der Waals surface area contributed by atoms with Crippen molar-refractivity contribution < 1.29 is 53.4 Å². The van der Waals surface area contributed by atoms with Gasteiger partial charge in [-0.15, -0.1) is 0 Å². The number of aliphatic hydroxyl groups excluding tert-OH is 4. The third-order valence-corrected chi connectivity index (χ3v) is 19.7. The van der Waals surface area contributed by atoms with Gasteiger partial charge in [-0.25, -0.2) is 15.0 Å². The second-order valence-electron chi connectivity index (χ2n) is 23.2. The van der Waals surface area contributed by atoms with Gasteiger partial charge in [-0.1, -0.05) is 90.0 Å². The van der Waals surface area contributed by atoms with E-state index in [1.54, 1.807) is 50.7 Å². The Hall–Kier alpha value is -6.64. The van der Waals surface area contributed by atoms with Crippen LogP contribution in [0.1, 0.15) is 128 Å². The predicted molar refractivity (Wildman–Crippen MR) is 303 cm³/mol. The molecule has 0 aromatic carbocycles. The number of anilines is 3. The number of carbonyl (C=O) groups excluding carboxylic acids is 3. The molecule has 0 radical (unpaired) electrons. The van der Waals surface area contributed by atoms with E-state index < -0.39 is 86.4 Å². The number of fused-ring (bicyclic) bond motifs is 3. The molecule has 0 bridgehead atoms. The van der Waals surface area contributed by atoms with Crippen LogP contribution in [0.5, 0.6) is 0 Å². The molecule has 0 saturated carbocycles. The standard InChI is InChI=1S/C21H35N5O5Si.C16H23N5O4.C15H21N5O5/c1-9-12-14(27)15(31-32(7,8)21(4,5)6)19(30-12)26-10-22-13-16(26)23-20(25-18(13)29)24-17(28)11(2)3;1-5-9-8(4)11(22)15(25-9)21-6-17-10-12(21)18-16(20-14(10)24)19-13(23)7(2)3;1-4-7-9(21)10(22)14(25-7)20-5-16-8-11(20)17-15(19-13(8)24)18-12(23)6(2)3/h10-12,14-15,19,27H,9H2,1-8H3,(H2,23,24,25,28,29);6-9,11,15,22H,5H2,1-4H3,(H2,18,19,20,23,24);5-7,9-10,14,21-22H,4H2,1-3H3,(H2,17,18,19,23,24)/t12-,14-,15-,19-;8-,9-,11-,15-;7-,9-,10-,14-/m111/s1. The molecule has 0 spiro atoms. The van der Waals surface area contributed by atoms with Crippen LogP contribution in [0.4, 0.5) is 17.8 Å². The molecule has 9 rings (SSSR count). The van der Waals surface area contributed by atoms with Gasteiger partial charge in [0, 0.05) is 23.7 Å². The summed E-state index contributed by atoms with van der Waals surface area (Å²) in [5, 5.41) is 49.4. The summed E-state index contributed by atoms with van der Waals surface area (Å²) in [6, 6.07) is 0. The number of aromatic amines is 3. The topological polar surface area (TPSA) is 396 Å². The average Bonchev–Trinajstić information content (AvgIpc) is 2.86. The van der Waals surface area contributed by atoms with Gasteiger partial charge in [-0.2, -0.15) is 15.0 Å². The van der Waals surface area contributed by atoms with Crippen molar-refractivity contribution in [2.45, 2.75) is 195 Å². The van der Waals surface area contributed by atoms with Crippen LogP contribution < -0.4 is 32.6 Å². The van der Waals surface area contributed by atoms with Crippen LogP contribution in [-0.4, -0.2) is 154 Å². The van der Waals surface area contributed by atoms with Crippen LogP contribution in [0, 0.1) is 23.7 Å². The molecule has 3 amide bonds. The fourth-order valence-electron chi connectivity index (χ4n) is 9.08. The highest BCUT2D eigenvalue weighted by molar-refractivity contribution is 6.74. The first-order valence-corrected chi connectivity index (χ1v) is 30.5. The van der Waals surface area contributed by atoms with E-state index in [0.717, 1.165) is 6.42 Å². The van der Waals surface area contributed by atoms with Crippen molar-refractivity contribution in [1.82, 2.24) is 58.6 Å². The average molecular weight is 1170 g/mol. The maximum Gasteiger partial charge on any atom is 0.280 e. The lowest BCUT2D eigenvalue weighted by Gasteiger charge is -2.40. The molecule has 0 unspecified atom stereocenters. The van der Waals surface area contributed by atoms with Gasteiger partial charge in [0.15, 0.2) is 60.5 Å². The smallest absolute Gasteiger partial charge is 0.280 e. The Morgan fingerprint density at radius 2 is 0.902 bits per heavy atom. The molecule has 0 aliphatic carbocycles. The molecule has 82 heavy (non-hydrogen) atoms. The lowest BCUT2D eigenvalue weighted by Crippen LogP contribution is -2.48. The van der Waals surface area contributed by atoms with Gasteiger partial charge in [0.1, 0.15) is 30.5 Å². The summed E-state index contributed by atoms with van der Waals surface area (Å²) in [7, 11) is -2.25. The minimum atomic E-state index is -2.25. The summed E-state index contributed by atoms with van der Waals surface area (Å²) in [6.45, 7) is 28.7. The van der Waals surface area contributed by atoms with E-state index in [9.17, 15) is 49.2 Å². The van der Waals surface area contributed by atoms with E-state index in [1.807, 2.05) is 27.7 Å². The molecule has 29 nitrogen and oxygen atoms in total. The van der Waals surface area contributed by atoms with Crippen molar-refractivity contribution in [3.63, 3.8) is 0 Å². The highest BCUT2D eigenvalue weighted by atomic mass is 28.4. The summed E-state index contributed by atoms with van der Waals surface area (Å²) in [5.74, 6) is -1.62. The van der Waals surface area contributed by atoms with Crippen molar-refractivity contribution >= 4 is 77.4 Å². The Balaban J connectivity index is 0.000000179. The Labute approximate surface area is 472 Å². The minimum absolute atomic E-state index is 0.0157. The maximum absolute atomic E-state index is 12.6. The number of nitrogens with one attached hydrogen (secondary N) is 6. The molecule has 450 valence electrons. The summed E-state index contributed by atoms with van der Waals surface area (Å²) in [6.07, 6.45) is -1.68. The molecule has 6 aromatic heterocycles. The van der Waals surface area contributed by atoms with E-state index in [-0.39, 0.29) is 104 Å². The van der Waals surface area contributed by atoms with Crippen molar-refractivity contribution in [1.29, 1.82) is 0 Å². The number of carbonyl (C=O) groups is 3. The normalized spacial score (nSPS) is 25.7. The summed E-state index contributed by atoms with van der Waals surface area (Å²) < 4.78 is 28.9. The number of hydrogen-bond acceptors (Lipinski definition) is 20. The minimum Gasteiger partial charge on any atom is -0.407 e. The second kappa shape index (κ2) is 25.1. The van der Waals surface area contributed by atoms with Crippen molar-refractivity contribution in [3.05, 3.63) is 50.0 Å². The molecule has 3 aliphatic rings. The van der Waals surface area contributed by atoms with Crippen LogP contribution in [0.3, 0.4) is 0 Å². The molecule has 3 fully saturated rings. The van der Waals surface area contributed by atoms with Crippen LogP contribution in [0.2, 0.25) is 18.1 Å². The van der Waals surface area contributed by atoms with Gasteiger partial charge in [-0.3, -0.25) is 73.4 Å². The predicted octanol–water partition coefficient (Wildman–Crippen LogP) is 3.53. The van der Waals surface area contributed by atoms with Gasteiger partial charge in [0.25, 0.3) is 16.7 Å². The SMILES string of the molecule is CC[C@H]1O[C@@H](n2cnc3c(=O)[nH]c(NC(=O)C(C)C)nc32)[C@H](O)[C@@H]1C.CC[C@H]1O[C@@H](n2cnc3c(=O)[nH]c(NC(=O)C(C)C)nc32)[C@H](O)[C@@H]1O.CC[C@H]1O[C@@H](n2cnc3c(=O)[nH]c(NC(=O)C(C)C)nc32)[C@H](O[Si](C)(C)C(C)(C)C)[C@@H]1O. The Bertz CT molecular complexity index is 3290. The zero-order valence-corrected chi connectivity index (χ0v) is 49.9. The fraction of sp³-hybridized carbons (Fsp3) is 0.654. The Kier molecular flexibility index (Phi) is 19.2. The van der Waals surface area contributed by atoms with E-state index in [4.69, 9.17) is 18.6 Å². The first-order chi connectivity index (χ1) is 38.4. The first-order valence-electron chi connectivity index (χ1n) is 27.6. The van der Waals surface area contributed by atoms with Crippen LogP contribution >= 0.6 is 0 Å². The van der Waals surface area contributed by atoms with Gasteiger partial charge in [0.05, 0.1) is 37.3 Å². The van der Waals surface area contributed by atoms with E-state index >= 15 is 0 Å². The number of aromatic nitrogens is 12. The highest BCUT2D eigenvalue weighted by Crippen LogP contribution is 2.43. The second-order valence-corrected chi connectivity index (χ2v) is 28.0. The van der Waals surface area contributed by atoms with Crippen LogP contribution in [0.15, 0.2) is 33.4 Å². The third kappa shape index (κ3) is 12.9. The molecule has 12 atom stereocenters. The molecule has 30 heteroatoms. The van der Waals surface area contributed by atoms with E-state index in [1.165, 1.54) is 23.5 Å². The Morgan fingerprint density at radius 3 is 1.23 bits per heavy atom. The molecule has 9 heterocycles. The summed E-state index contributed by atoms with van der Waals surface area (Å²) >= 11 is 0. The number of amides is 3. The van der Waals surface area contributed by atoms with E-state index in [0.29, 0.717) is 12.8 Å². The number of hydrogen-bond donors (Lipinski definition) is 10. The molecule has 3 saturated heterocycles. The summed E-state index contributed by atoms with van der Waals surface area (Å²) in [4.78, 5) is 105. The fourth-order valence-corrected chi connectivity index (χ4v) is 10.4. The van der Waals surface area contributed by atoms with Crippen molar-refractivity contribution in [3.8, 4) is 0 Å². The van der Waals surface area contributed by atoms with Gasteiger partial charge < -0.3 is 39.1 Å². The lowest BCUT2D eigenvalue weighted by atomic mass is 9.99. The largest absolute Gasteiger partial charge is 0.407 e. The maximum atomic E-state index is 12.6. The number of rotatable bonds is 14. The monoisotopic (exact) mass is 1170 g/mol. The van der Waals surface area contributed by atoms with Crippen molar-refractivity contribution in [2.75, 3.05) is 16.0 Å². The molecular formula is C52H79N15O14Si. The highest BCUT2D eigenvalue weighted by Gasteiger charge is 2.51. The van der Waals surface area contributed by atoms with Crippen LogP contribution in [0.25, 0.3) is 33.5 Å². The lowest BCUT2D eigenvalue weighted by molar-refractivity contribution is -0.119. The Morgan fingerprint density at radius 1 is 0.573 bits per heavy atom. The molecule has 10 N–H and O–H groups in total. The quantitative estimate of drug-likeness (QED) is 0.0697. The van der Waals surface area contributed by atoms with Crippen molar-refractivity contribution in [2.24, 2.45) is 23.7 Å². The summed E-state index contributed by atoms with van der Waals surface area (Å²) in [5.41, 5.74) is -0.494. The number of imidazole rings is 3. The zero-order valence-electron chi connectivity index (χ0n) is 48.9. The number of aliphatic hydroxyl groups is 4. The number of H-pyrrole nitrogens is 3. The number of nitrogens with zero attached hydrogens (tertiary/aromatic N) is 9. The zero-order chi connectivity index (χ0) is 60.6. The van der Waals surface area contributed by atoms with Gasteiger partial charge in [-0.05, 0) is 37.4 Å². The molecule has 6 aromatic rings. The molecular weight excluding hydrogens is 1090 g/mol. The van der Waals surface area contributed by atoms with Crippen LogP contribution in [-0.2, 0) is 33.0 Å². The van der Waals surface area contributed by atoms with E-state index in [2.05, 4.69) is 94.7 Å². The van der Waals surface area contributed by atoms with Gasteiger partial charge in [0.2, 0.25) is 35.6 Å². The molecule has 3 aliphatic heterocycles. The number of ether oxygens (including phenoxy) is 3. The van der Waals surface area contributed by atoms with Gasteiger partial charge >= 0.3 is 0 Å². The third-order valence-electron chi connectivity index (χ3n) is 15.2. The first kappa shape index (κ1) is 62.9.